The van der Waals surface area contributed by atoms with E-state index in [0.717, 1.165) is 30.9 Å². The zero-order valence-electron chi connectivity index (χ0n) is 15.1. The zero-order valence-corrected chi connectivity index (χ0v) is 15.1. The van der Waals surface area contributed by atoms with Crippen molar-refractivity contribution < 1.29 is 14.3 Å². The van der Waals surface area contributed by atoms with Gasteiger partial charge in [0.1, 0.15) is 11.4 Å². The van der Waals surface area contributed by atoms with E-state index in [0.29, 0.717) is 13.1 Å². The number of piperazine rings is 1. The molecule has 1 aliphatic heterocycles. The molecule has 6 nitrogen and oxygen atoms in total. The maximum atomic E-state index is 12.1. The number of rotatable bonds is 4. The molecule has 6 heteroatoms. The summed E-state index contributed by atoms with van der Waals surface area (Å²) in [5, 5.41) is 0. The van der Waals surface area contributed by atoms with Gasteiger partial charge in [0.2, 0.25) is 0 Å². The maximum Gasteiger partial charge on any atom is 0.410 e. The Labute approximate surface area is 144 Å². The standard InChI is InChI=1S/C18H29N3O3/c1-18(2,3)24-17(22)21-11-9-20(10-12-21)13-16(19)14-5-7-15(23-4)8-6-14/h5-8,16H,9-13,19H2,1-4H3. The van der Waals surface area contributed by atoms with Crippen LogP contribution in [0.2, 0.25) is 0 Å². The number of ether oxygens (including phenoxy) is 2. The van der Waals surface area contributed by atoms with E-state index in [9.17, 15) is 4.79 Å². The first-order valence-corrected chi connectivity index (χ1v) is 8.38. The molecule has 0 radical (unpaired) electrons. The van der Waals surface area contributed by atoms with Crippen LogP contribution in [-0.4, -0.2) is 61.3 Å². The monoisotopic (exact) mass is 335 g/mol. The summed E-state index contributed by atoms with van der Waals surface area (Å²) in [7, 11) is 1.65. The molecule has 1 aromatic carbocycles. The van der Waals surface area contributed by atoms with Crippen LogP contribution in [0.3, 0.4) is 0 Å². The fourth-order valence-electron chi connectivity index (χ4n) is 2.67. The van der Waals surface area contributed by atoms with Gasteiger partial charge in [0.15, 0.2) is 0 Å². The van der Waals surface area contributed by atoms with Crippen LogP contribution in [0.4, 0.5) is 4.79 Å². The van der Waals surface area contributed by atoms with Crippen molar-refractivity contribution in [2.45, 2.75) is 32.4 Å². The van der Waals surface area contributed by atoms with Gasteiger partial charge in [-0.05, 0) is 38.5 Å². The topological polar surface area (TPSA) is 68.0 Å². The van der Waals surface area contributed by atoms with Gasteiger partial charge >= 0.3 is 6.09 Å². The summed E-state index contributed by atoms with van der Waals surface area (Å²) in [6.07, 6.45) is -0.235. The number of carbonyl (C=O) groups excluding carboxylic acids is 1. The summed E-state index contributed by atoms with van der Waals surface area (Å²) >= 11 is 0. The van der Waals surface area contributed by atoms with Gasteiger partial charge in [-0.3, -0.25) is 4.90 Å². The van der Waals surface area contributed by atoms with Crippen LogP contribution in [0.15, 0.2) is 24.3 Å². The number of hydrogen-bond acceptors (Lipinski definition) is 5. The minimum absolute atomic E-state index is 0.0519. The van der Waals surface area contributed by atoms with Gasteiger partial charge in [-0.15, -0.1) is 0 Å². The van der Waals surface area contributed by atoms with E-state index < -0.39 is 5.60 Å². The molecule has 1 amide bonds. The molecule has 2 N–H and O–H groups in total. The predicted octanol–water partition coefficient (Wildman–Crippen LogP) is 2.25. The second-order valence-electron chi connectivity index (χ2n) is 7.15. The second kappa shape index (κ2) is 7.85. The molecule has 1 atom stereocenters. The average Bonchev–Trinajstić information content (AvgIpc) is 2.54. The van der Waals surface area contributed by atoms with Gasteiger partial charge in [0, 0.05) is 38.8 Å². The first-order chi connectivity index (χ1) is 11.3. The molecule has 1 saturated heterocycles. The third kappa shape index (κ3) is 5.39. The molecule has 24 heavy (non-hydrogen) atoms. The molecule has 0 aliphatic carbocycles. The van der Waals surface area contributed by atoms with Gasteiger partial charge in [0.05, 0.1) is 7.11 Å². The molecule has 0 saturated carbocycles. The second-order valence-corrected chi connectivity index (χ2v) is 7.15. The number of carbonyl (C=O) groups is 1. The fraction of sp³-hybridized carbons (Fsp3) is 0.611. The number of nitrogens with two attached hydrogens (primary N) is 1. The van der Waals surface area contributed by atoms with Gasteiger partial charge < -0.3 is 20.1 Å². The number of amides is 1. The summed E-state index contributed by atoms with van der Waals surface area (Å²) < 4.78 is 10.6. The molecular weight excluding hydrogens is 306 g/mol. The van der Waals surface area contributed by atoms with Crippen LogP contribution in [0.1, 0.15) is 32.4 Å². The van der Waals surface area contributed by atoms with Crippen molar-refractivity contribution in [2.24, 2.45) is 5.73 Å². The Hall–Kier alpha value is -1.79. The van der Waals surface area contributed by atoms with Crippen LogP contribution in [0.5, 0.6) is 5.75 Å². The van der Waals surface area contributed by atoms with E-state index in [-0.39, 0.29) is 12.1 Å². The highest BCUT2D eigenvalue weighted by Gasteiger charge is 2.26. The molecule has 0 aromatic heterocycles. The van der Waals surface area contributed by atoms with Crippen LogP contribution in [0, 0.1) is 0 Å². The third-order valence-corrected chi connectivity index (χ3v) is 4.02. The Kier molecular flexibility index (Phi) is 6.07. The highest BCUT2D eigenvalue weighted by molar-refractivity contribution is 5.68. The van der Waals surface area contributed by atoms with Crippen molar-refractivity contribution in [3.05, 3.63) is 29.8 Å². The molecule has 0 spiro atoms. The van der Waals surface area contributed by atoms with Crippen molar-refractivity contribution in [3.63, 3.8) is 0 Å². The van der Waals surface area contributed by atoms with E-state index in [2.05, 4.69) is 4.90 Å². The highest BCUT2D eigenvalue weighted by Crippen LogP contribution is 2.18. The lowest BCUT2D eigenvalue weighted by Gasteiger charge is -2.36. The number of nitrogens with zero attached hydrogens (tertiary/aromatic N) is 2. The minimum Gasteiger partial charge on any atom is -0.497 e. The molecule has 1 unspecified atom stereocenters. The summed E-state index contributed by atoms with van der Waals surface area (Å²) in [5.74, 6) is 0.830. The van der Waals surface area contributed by atoms with Crippen LogP contribution < -0.4 is 10.5 Å². The van der Waals surface area contributed by atoms with Crippen molar-refractivity contribution in [3.8, 4) is 5.75 Å². The number of benzene rings is 1. The largest absolute Gasteiger partial charge is 0.497 e. The molecule has 0 bridgehead atoms. The molecule has 1 heterocycles. The van der Waals surface area contributed by atoms with E-state index in [1.165, 1.54) is 0 Å². The Balaban J connectivity index is 1.80. The number of hydrogen-bond donors (Lipinski definition) is 1. The first kappa shape index (κ1) is 18.5. The van der Waals surface area contributed by atoms with Gasteiger partial charge in [-0.1, -0.05) is 12.1 Å². The summed E-state index contributed by atoms with van der Waals surface area (Å²) in [6, 6.07) is 7.80. The SMILES string of the molecule is COc1ccc(C(N)CN2CCN(C(=O)OC(C)(C)C)CC2)cc1. The van der Waals surface area contributed by atoms with Crippen molar-refractivity contribution in [1.29, 1.82) is 0 Å². The summed E-state index contributed by atoms with van der Waals surface area (Å²) in [4.78, 5) is 16.1. The molecular formula is C18H29N3O3. The Morgan fingerprint density at radius 1 is 1.17 bits per heavy atom. The van der Waals surface area contributed by atoms with Gasteiger partial charge in [0.25, 0.3) is 0 Å². The molecule has 1 aliphatic rings. The third-order valence-electron chi connectivity index (χ3n) is 4.02. The maximum absolute atomic E-state index is 12.1. The fourth-order valence-corrected chi connectivity index (χ4v) is 2.67. The minimum atomic E-state index is -0.453. The normalized spacial score (nSPS) is 17.5. The van der Waals surface area contributed by atoms with Crippen LogP contribution in [0.25, 0.3) is 0 Å². The number of methoxy groups -OCH3 is 1. The van der Waals surface area contributed by atoms with E-state index in [4.69, 9.17) is 15.2 Å². The van der Waals surface area contributed by atoms with E-state index in [1.54, 1.807) is 12.0 Å². The van der Waals surface area contributed by atoms with Crippen LogP contribution >= 0.6 is 0 Å². The molecule has 134 valence electrons. The van der Waals surface area contributed by atoms with Crippen molar-refractivity contribution in [2.75, 3.05) is 39.8 Å². The summed E-state index contributed by atoms with van der Waals surface area (Å²) in [6.45, 7) is 9.38. The highest BCUT2D eigenvalue weighted by atomic mass is 16.6. The van der Waals surface area contributed by atoms with E-state index >= 15 is 0 Å². The molecule has 1 aromatic rings. The smallest absolute Gasteiger partial charge is 0.410 e. The Morgan fingerprint density at radius 3 is 2.25 bits per heavy atom. The van der Waals surface area contributed by atoms with Gasteiger partial charge in [-0.2, -0.15) is 0 Å². The average molecular weight is 335 g/mol. The molecule has 2 rings (SSSR count). The first-order valence-electron chi connectivity index (χ1n) is 8.38. The predicted molar refractivity (Wildman–Crippen MR) is 94.2 cm³/mol. The lowest BCUT2D eigenvalue weighted by molar-refractivity contribution is 0.0141. The van der Waals surface area contributed by atoms with Crippen molar-refractivity contribution >= 4 is 6.09 Å². The van der Waals surface area contributed by atoms with Crippen LogP contribution in [-0.2, 0) is 4.74 Å². The lowest BCUT2D eigenvalue weighted by atomic mass is 10.1. The quantitative estimate of drug-likeness (QED) is 0.914. The van der Waals surface area contributed by atoms with Gasteiger partial charge in [-0.25, -0.2) is 4.79 Å². The van der Waals surface area contributed by atoms with Crippen molar-refractivity contribution in [1.82, 2.24) is 9.80 Å². The lowest BCUT2D eigenvalue weighted by Crippen LogP contribution is -2.51. The zero-order chi connectivity index (χ0) is 17.7. The summed E-state index contributed by atoms with van der Waals surface area (Å²) in [5.41, 5.74) is 6.94. The Bertz CT molecular complexity index is 531. The van der Waals surface area contributed by atoms with E-state index in [1.807, 2.05) is 45.0 Å². The Morgan fingerprint density at radius 2 is 1.75 bits per heavy atom. The molecule has 1 fully saturated rings.